The van der Waals surface area contributed by atoms with Crippen molar-refractivity contribution in [3.8, 4) is 11.5 Å². The van der Waals surface area contributed by atoms with Gasteiger partial charge < -0.3 is 20.1 Å². The molecule has 0 spiro atoms. The van der Waals surface area contributed by atoms with Crippen LogP contribution in [0.1, 0.15) is 26.7 Å². The fraction of sp³-hybridized carbons (Fsp3) is 0.588. The highest BCUT2D eigenvalue weighted by atomic mass is 35.5. The molecule has 0 aliphatic carbocycles. The molecule has 2 N–H and O–H groups in total. The average molecular weight is 343 g/mol. The molecule has 1 aliphatic heterocycles. The van der Waals surface area contributed by atoms with Crippen LogP contribution in [-0.2, 0) is 4.79 Å². The molecule has 2 rings (SSSR count). The van der Waals surface area contributed by atoms with Gasteiger partial charge in [0.1, 0.15) is 17.6 Å². The topological polar surface area (TPSA) is 59.6 Å². The summed E-state index contributed by atoms with van der Waals surface area (Å²) in [6, 6.07) is 7.89. The lowest BCUT2D eigenvalue weighted by molar-refractivity contribution is -0.126. The monoisotopic (exact) mass is 342 g/mol. The molecule has 1 aromatic rings. The highest BCUT2D eigenvalue weighted by Crippen LogP contribution is 2.20. The van der Waals surface area contributed by atoms with Crippen LogP contribution in [0, 0.1) is 5.92 Å². The van der Waals surface area contributed by atoms with Gasteiger partial charge in [0.2, 0.25) is 5.91 Å². The minimum atomic E-state index is -0.0878. The number of hydrogen-bond donors (Lipinski definition) is 2. The van der Waals surface area contributed by atoms with Crippen molar-refractivity contribution in [2.24, 2.45) is 5.92 Å². The first-order valence-corrected chi connectivity index (χ1v) is 7.90. The number of halogens is 1. The molecular formula is C17H27ClN2O3. The van der Waals surface area contributed by atoms with Crippen molar-refractivity contribution in [3.05, 3.63) is 24.3 Å². The van der Waals surface area contributed by atoms with E-state index in [4.69, 9.17) is 9.47 Å². The lowest BCUT2D eigenvalue weighted by Crippen LogP contribution is -2.44. The summed E-state index contributed by atoms with van der Waals surface area (Å²) >= 11 is 0. The van der Waals surface area contributed by atoms with E-state index in [9.17, 15) is 4.79 Å². The van der Waals surface area contributed by atoms with Gasteiger partial charge in [-0.2, -0.15) is 0 Å². The Morgan fingerprint density at radius 3 is 2.87 bits per heavy atom. The molecule has 0 bridgehead atoms. The molecule has 1 amide bonds. The van der Waals surface area contributed by atoms with Crippen LogP contribution in [0.2, 0.25) is 0 Å². The number of hydrogen-bond acceptors (Lipinski definition) is 4. The van der Waals surface area contributed by atoms with E-state index in [1.807, 2.05) is 31.2 Å². The predicted octanol–water partition coefficient (Wildman–Crippen LogP) is 2.39. The Bertz CT molecular complexity index is 498. The van der Waals surface area contributed by atoms with Gasteiger partial charge in [-0.1, -0.05) is 6.07 Å². The molecule has 0 saturated carbocycles. The molecule has 5 nitrogen and oxygen atoms in total. The molecule has 1 unspecified atom stereocenters. The zero-order chi connectivity index (χ0) is 15.9. The molecule has 1 saturated heterocycles. The third-order valence-corrected chi connectivity index (χ3v) is 3.94. The summed E-state index contributed by atoms with van der Waals surface area (Å²) < 4.78 is 11.0. The molecule has 1 fully saturated rings. The Kier molecular flexibility index (Phi) is 8.20. The number of carbonyl (C=O) groups is 1. The fourth-order valence-corrected chi connectivity index (χ4v) is 2.71. The lowest BCUT2D eigenvalue weighted by Gasteiger charge is -2.27. The second-order valence-corrected chi connectivity index (χ2v) is 5.93. The summed E-state index contributed by atoms with van der Waals surface area (Å²) in [5, 5.41) is 6.36. The van der Waals surface area contributed by atoms with Crippen LogP contribution in [0.5, 0.6) is 11.5 Å². The number of amides is 1. The second kappa shape index (κ2) is 9.63. The third-order valence-electron chi connectivity index (χ3n) is 3.94. The van der Waals surface area contributed by atoms with E-state index in [0.717, 1.165) is 30.9 Å². The number of benzene rings is 1. The summed E-state index contributed by atoms with van der Waals surface area (Å²) in [4.78, 5) is 12.2. The Labute approximate surface area is 144 Å². The molecule has 1 aromatic carbocycles. The van der Waals surface area contributed by atoms with Gasteiger partial charge >= 0.3 is 0 Å². The zero-order valence-corrected chi connectivity index (χ0v) is 14.8. The van der Waals surface area contributed by atoms with Crippen molar-refractivity contribution in [2.45, 2.75) is 38.8 Å². The predicted molar refractivity (Wildman–Crippen MR) is 93.5 cm³/mol. The molecule has 3 atom stereocenters. The minimum absolute atomic E-state index is 0. The Hall–Kier alpha value is -1.46. The van der Waals surface area contributed by atoms with Crippen LogP contribution in [-0.4, -0.2) is 38.3 Å². The zero-order valence-electron chi connectivity index (χ0n) is 14.0. The summed E-state index contributed by atoms with van der Waals surface area (Å²) in [5.41, 5.74) is 0. The van der Waals surface area contributed by atoms with Gasteiger partial charge in [-0.15, -0.1) is 12.4 Å². The van der Waals surface area contributed by atoms with E-state index in [1.54, 1.807) is 7.11 Å². The lowest BCUT2D eigenvalue weighted by atomic mass is 9.92. The van der Waals surface area contributed by atoms with E-state index in [-0.39, 0.29) is 30.3 Å². The van der Waals surface area contributed by atoms with Gasteiger partial charge in [0.15, 0.2) is 0 Å². The minimum Gasteiger partial charge on any atom is -0.497 e. The summed E-state index contributed by atoms with van der Waals surface area (Å²) in [7, 11) is 1.63. The van der Waals surface area contributed by atoms with Crippen molar-refractivity contribution in [1.82, 2.24) is 10.6 Å². The first-order chi connectivity index (χ1) is 10.6. The van der Waals surface area contributed by atoms with Gasteiger partial charge in [-0.25, -0.2) is 0 Å². The summed E-state index contributed by atoms with van der Waals surface area (Å²) in [5.74, 6) is 1.75. The van der Waals surface area contributed by atoms with Gasteiger partial charge in [-0.3, -0.25) is 4.79 Å². The fourth-order valence-electron chi connectivity index (χ4n) is 2.71. The van der Waals surface area contributed by atoms with Gasteiger partial charge in [0, 0.05) is 18.0 Å². The van der Waals surface area contributed by atoms with Gasteiger partial charge in [-0.05, 0) is 45.4 Å². The molecular weight excluding hydrogens is 316 g/mol. The number of ether oxygens (including phenoxy) is 2. The number of piperidine rings is 1. The molecule has 0 radical (unpaired) electrons. The molecule has 0 aromatic heterocycles. The van der Waals surface area contributed by atoms with Gasteiger partial charge in [0.25, 0.3) is 0 Å². The SMILES string of the molecule is COc1cccc(OC(C)CNC(=O)[C@H]2CCN[C@@H](C)C2)c1.Cl. The smallest absolute Gasteiger partial charge is 0.223 e. The van der Waals surface area contributed by atoms with Crippen LogP contribution in [0.25, 0.3) is 0 Å². The third kappa shape index (κ3) is 6.28. The van der Waals surface area contributed by atoms with Crippen LogP contribution >= 0.6 is 12.4 Å². The summed E-state index contributed by atoms with van der Waals surface area (Å²) in [6.45, 7) is 5.49. The number of carbonyl (C=O) groups excluding carboxylic acids is 1. The maximum Gasteiger partial charge on any atom is 0.223 e. The van der Waals surface area contributed by atoms with Crippen LogP contribution in [0.3, 0.4) is 0 Å². The summed E-state index contributed by atoms with van der Waals surface area (Å²) in [6.07, 6.45) is 1.72. The molecule has 23 heavy (non-hydrogen) atoms. The van der Waals surface area contributed by atoms with Crippen LogP contribution < -0.4 is 20.1 Å². The molecule has 1 heterocycles. The van der Waals surface area contributed by atoms with Crippen molar-refractivity contribution in [3.63, 3.8) is 0 Å². The number of methoxy groups -OCH3 is 1. The first-order valence-electron chi connectivity index (χ1n) is 7.90. The maximum atomic E-state index is 12.2. The highest BCUT2D eigenvalue weighted by Gasteiger charge is 2.24. The molecule has 1 aliphatic rings. The van der Waals surface area contributed by atoms with E-state index in [2.05, 4.69) is 17.6 Å². The second-order valence-electron chi connectivity index (χ2n) is 5.93. The van der Waals surface area contributed by atoms with E-state index < -0.39 is 0 Å². The first kappa shape index (κ1) is 19.6. The van der Waals surface area contributed by atoms with Crippen molar-refractivity contribution < 1.29 is 14.3 Å². The standard InChI is InChI=1S/C17H26N2O3.ClH/c1-12-9-14(7-8-18-12)17(20)19-11-13(2)22-16-6-4-5-15(10-16)21-3;/h4-6,10,12-14,18H,7-9,11H2,1-3H3,(H,19,20);1H/t12-,13?,14-;/m0./s1. The molecule has 6 heteroatoms. The van der Waals surface area contributed by atoms with Crippen molar-refractivity contribution in [1.29, 1.82) is 0 Å². The average Bonchev–Trinajstić information content (AvgIpc) is 2.52. The van der Waals surface area contributed by atoms with Crippen LogP contribution in [0.4, 0.5) is 0 Å². The van der Waals surface area contributed by atoms with Gasteiger partial charge in [0.05, 0.1) is 13.7 Å². The largest absolute Gasteiger partial charge is 0.497 e. The number of nitrogens with one attached hydrogen (secondary N) is 2. The van der Waals surface area contributed by atoms with E-state index in [0.29, 0.717) is 12.6 Å². The molecule has 130 valence electrons. The van der Waals surface area contributed by atoms with E-state index in [1.165, 1.54) is 0 Å². The number of rotatable bonds is 6. The Morgan fingerprint density at radius 1 is 1.43 bits per heavy atom. The van der Waals surface area contributed by atoms with Crippen molar-refractivity contribution in [2.75, 3.05) is 20.2 Å². The Morgan fingerprint density at radius 2 is 2.17 bits per heavy atom. The quantitative estimate of drug-likeness (QED) is 0.833. The normalized spacial score (nSPS) is 21.7. The maximum absolute atomic E-state index is 12.2. The van der Waals surface area contributed by atoms with Crippen molar-refractivity contribution >= 4 is 18.3 Å². The highest BCUT2D eigenvalue weighted by molar-refractivity contribution is 5.85. The Balaban J connectivity index is 0.00000264. The van der Waals surface area contributed by atoms with E-state index >= 15 is 0 Å². The van der Waals surface area contributed by atoms with Crippen LogP contribution in [0.15, 0.2) is 24.3 Å².